The molecule has 0 saturated heterocycles. The normalized spacial score (nSPS) is 13.3. The molecule has 0 saturated carbocycles. The number of nitrogens with one attached hydrogen (secondary N) is 2. The number of aryl methyl sites for hydroxylation is 1. The molecule has 1 aliphatic rings. The number of benzene rings is 2. The van der Waals surface area contributed by atoms with Crippen LogP contribution in [0, 0.1) is 0 Å². The number of esters is 1. The Morgan fingerprint density at radius 1 is 1.00 bits per heavy atom. The average molecular weight is 561 g/mol. The summed E-state index contributed by atoms with van der Waals surface area (Å²) in [6.45, 7) is 3.63. The Labute approximate surface area is 229 Å². The van der Waals surface area contributed by atoms with Crippen molar-refractivity contribution >= 4 is 63.0 Å². The van der Waals surface area contributed by atoms with Gasteiger partial charge < -0.3 is 20.1 Å². The number of carbonyl (C=O) groups excluding carboxylic acids is 3. The van der Waals surface area contributed by atoms with E-state index in [0.29, 0.717) is 37.6 Å². The molecule has 2 aromatic carbocycles. The van der Waals surface area contributed by atoms with Gasteiger partial charge >= 0.3 is 5.97 Å². The van der Waals surface area contributed by atoms with Crippen molar-refractivity contribution in [2.24, 2.45) is 0 Å². The first kappa shape index (κ1) is 27.0. The molecule has 0 fully saturated rings. The molecule has 1 aliphatic carbocycles. The molecule has 2 amide bonds. The lowest BCUT2D eigenvalue weighted by Gasteiger charge is -2.15. The fraction of sp³-hybridized carbons (Fsp3) is 0.296. The molecule has 2 N–H and O–H groups in total. The minimum Gasteiger partial charge on any atom is -0.481 e. The molecule has 0 spiro atoms. The fourth-order valence-corrected chi connectivity index (χ4v) is 5.86. The highest BCUT2D eigenvalue weighted by atomic mass is 35.5. The average Bonchev–Trinajstić information content (AvgIpc) is 3.21. The second kappa shape index (κ2) is 12.0. The van der Waals surface area contributed by atoms with Gasteiger partial charge in [-0.05, 0) is 87.6 Å². The Morgan fingerprint density at radius 3 is 2.35 bits per heavy atom. The van der Waals surface area contributed by atoms with Crippen LogP contribution in [0.25, 0.3) is 0 Å². The maximum absolute atomic E-state index is 13.0. The lowest BCUT2D eigenvalue weighted by atomic mass is 9.95. The predicted octanol–water partition coefficient (Wildman–Crippen LogP) is 6.77. The molecular formula is C27H26Cl2N2O5S. The SMILES string of the molecule is CCOC(=O)c1c(NC(=O)c2ccc(O[C@H](C)C(=O)Nc3cc(Cl)cc(Cl)c3)cc2)sc2c1CCCC2. The van der Waals surface area contributed by atoms with Crippen molar-refractivity contribution in [2.45, 2.75) is 45.6 Å². The number of rotatable bonds is 8. The first-order valence-electron chi connectivity index (χ1n) is 11.9. The zero-order chi connectivity index (χ0) is 26.5. The summed E-state index contributed by atoms with van der Waals surface area (Å²) in [5.41, 5.74) is 2.30. The molecule has 37 heavy (non-hydrogen) atoms. The molecule has 0 aliphatic heterocycles. The van der Waals surface area contributed by atoms with Crippen LogP contribution in [0.15, 0.2) is 42.5 Å². The maximum Gasteiger partial charge on any atom is 0.341 e. The molecule has 0 unspecified atom stereocenters. The van der Waals surface area contributed by atoms with Gasteiger partial charge in [0, 0.05) is 26.2 Å². The van der Waals surface area contributed by atoms with Gasteiger partial charge in [-0.3, -0.25) is 9.59 Å². The van der Waals surface area contributed by atoms with Crippen LogP contribution < -0.4 is 15.4 Å². The van der Waals surface area contributed by atoms with E-state index >= 15 is 0 Å². The topological polar surface area (TPSA) is 93.7 Å². The van der Waals surface area contributed by atoms with Crippen LogP contribution in [0.1, 0.15) is 57.8 Å². The van der Waals surface area contributed by atoms with E-state index in [9.17, 15) is 14.4 Å². The van der Waals surface area contributed by atoms with Crippen molar-refractivity contribution in [3.8, 4) is 5.75 Å². The van der Waals surface area contributed by atoms with Gasteiger partial charge in [-0.25, -0.2) is 4.79 Å². The summed E-state index contributed by atoms with van der Waals surface area (Å²) in [6, 6.07) is 11.2. The van der Waals surface area contributed by atoms with Crippen molar-refractivity contribution in [3.63, 3.8) is 0 Å². The predicted molar refractivity (Wildman–Crippen MR) is 146 cm³/mol. The summed E-state index contributed by atoms with van der Waals surface area (Å²) in [5, 5.41) is 6.93. The molecule has 1 aromatic heterocycles. The van der Waals surface area contributed by atoms with E-state index in [1.165, 1.54) is 11.3 Å². The highest BCUT2D eigenvalue weighted by molar-refractivity contribution is 7.17. The maximum atomic E-state index is 13.0. The van der Waals surface area contributed by atoms with E-state index in [4.69, 9.17) is 32.7 Å². The Bertz CT molecular complexity index is 1300. The van der Waals surface area contributed by atoms with Gasteiger partial charge in [0.2, 0.25) is 0 Å². The smallest absolute Gasteiger partial charge is 0.341 e. The number of thiophene rings is 1. The molecule has 0 bridgehead atoms. The van der Waals surface area contributed by atoms with Crippen molar-refractivity contribution in [2.75, 3.05) is 17.2 Å². The summed E-state index contributed by atoms with van der Waals surface area (Å²) in [7, 11) is 0. The van der Waals surface area contributed by atoms with Gasteiger partial charge in [-0.1, -0.05) is 23.2 Å². The van der Waals surface area contributed by atoms with Gasteiger partial charge in [0.1, 0.15) is 10.8 Å². The Morgan fingerprint density at radius 2 is 1.68 bits per heavy atom. The molecule has 4 rings (SSSR count). The van der Waals surface area contributed by atoms with Gasteiger partial charge in [0.05, 0.1) is 12.2 Å². The Hall–Kier alpha value is -3.07. The van der Waals surface area contributed by atoms with E-state index < -0.39 is 12.1 Å². The minimum absolute atomic E-state index is 0.265. The lowest BCUT2D eigenvalue weighted by molar-refractivity contribution is -0.122. The molecule has 0 radical (unpaired) electrons. The van der Waals surface area contributed by atoms with Gasteiger partial charge in [-0.15, -0.1) is 11.3 Å². The van der Waals surface area contributed by atoms with E-state index in [2.05, 4.69) is 10.6 Å². The van der Waals surface area contributed by atoms with Gasteiger partial charge in [0.15, 0.2) is 6.10 Å². The van der Waals surface area contributed by atoms with Crippen LogP contribution in [0.4, 0.5) is 10.7 Å². The van der Waals surface area contributed by atoms with Crippen LogP contribution in [-0.4, -0.2) is 30.5 Å². The number of ether oxygens (including phenoxy) is 2. The third-order valence-corrected chi connectivity index (χ3v) is 7.45. The monoisotopic (exact) mass is 560 g/mol. The molecule has 3 aromatic rings. The van der Waals surface area contributed by atoms with Gasteiger partial charge in [-0.2, -0.15) is 0 Å². The van der Waals surface area contributed by atoms with Crippen LogP contribution in [0.2, 0.25) is 10.0 Å². The summed E-state index contributed by atoms with van der Waals surface area (Å²) in [4.78, 5) is 39.3. The highest BCUT2D eigenvalue weighted by Gasteiger charge is 2.27. The zero-order valence-electron chi connectivity index (χ0n) is 20.4. The summed E-state index contributed by atoms with van der Waals surface area (Å²) in [5.74, 6) is -0.719. The zero-order valence-corrected chi connectivity index (χ0v) is 22.7. The Balaban J connectivity index is 1.41. The van der Waals surface area contributed by atoms with Gasteiger partial charge in [0.25, 0.3) is 11.8 Å². The third-order valence-electron chi connectivity index (χ3n) is 5.81. The van der Waals surface area contributed by atoms with E-state index in [1.807, 2.05) is 0 Å². The van der Waals surface area contributed by atoms with Crippen molar-refractivity contribution < 1.29 is 23.9 Å². The third kappa shape index (κ3) is 6.63. The first-order chi connectivity index (χ1) is 17.7. The largest absolute Gasteiger partial charge is 0.481 e. The molecule has 1 heterocycles. The van der Waals surface area contributed by atoms with Crippen LogP contribution in [0.3, 0.4) is 0 Å². The summed E-state index contributed by atoms with van der Waals surface area (Å²) < 4.78 is 11.0. The molecule has 1 atom stereocenters. The molecular weight excluding hydrogens is 535 g/mol. The lowest BCUT2D eigenvalue weighted by Crippen LogP contribution is -2.30. The second-order valence-corrected chi connectivity index (χ2v) is 10.5. The fourth-order valence-electron chi connectivity index (χ4n) is 4.06. The van der Waals surface area contributed by atoms with Crippen molar-refractivity contribution in [1.29, 1.82) is 0 Å². The number of hydrogen-bond donors (Lipinski definition) is 2. The quantitative estimate of drug-likeness (QED) is 0.296. The van der Waals surface area contributed by atoms with E-state index in [-0.39, 0.29) is 18.4 Å². The number of carbonyl (C=O) groups is 3. The first-order valence-corrected chi connectivity index (χ1v) is 13.5. The standard InChI is InChI=1S/C27H26Cl2N2O5S/c1-3-35-27(34)23-21-6-4-5-7-22(21)37-26(23)31-25(33)16-8-10-20(11-9-16)36-15(2)24(32)30-19-13-17(28)12-18(29)14-19/h8-15H,3-7H2,1-2H3,(H,30,32)(H,31,33)/t15-/m1/s1. The van der Waals surface area contributed by atoms with Crippen LogP contribution in [-0.2, 0) is 22.4 Å². The number of halogens is 2. The second-order valence-electron chi connectivity index (χ2n) is 8.52. The molecule has 194 valence electrons. The van der Waals surface area contributed by atoms with Crippen LogP contribution in [0.5, 0.6) is 5.75 Å². The number of fused-ring (bicyclic) bond motifs is 1. The van der Waals surface area contributed by atoms with Crippen LogP contribution >= 0.6 is 34.5 Å². The van der Waals surface area contributed by atoms with E-state index in [0.717, 1.165) is 36.1 Å². The highest BCUT2D eigenvalue weighted by Crippen LogP contribution is 2.39. The van der Waals surface area contributed by atoms with E-state index in [1.54, 1.807) is 56.3 Å². The minimum atomic E-state index is -0.818. The van der Waals surface area contributed by atoms with Crippen molar-refractivity contribution in [1.82, 2.24) is 0 Å². The molecule has 7 nitrogen and oxygen atoms in total. The Kier molecular flexibility index (Phi) is 8.74. The molecule has 10 heteroatoms. The number of anilines is 2. The summed E-state index contributed by atoms with van der Waals surface area (Å²) in [6.07, 6.45) is 2.95. The van der Waals surface area contributed by atoms with Crippen molar-refractivity contribution in [3.05, 3.63) is 74.1 Å². The summed E-state index contributed by atoms with van der Waals surface area (Å²) >= 11 is 13.4. The number of amides is 2. The number of hydrogen-bond acceptors (Lipinski definition) is 6.